The molecule has 1 aromatic carbocycles. The van der Waals surface area contributed by atoms with Gasteiger partial charge in [-0.1, -0.05) is 17.7 Å². The fourth-order valence-electron chi connectivity index (χ4n) is 5.18. The molecule has 5 nitrogen and oxygen atoms in total. The van der Waals surface area contributed by atoms with E-state index in [-0.39, 0.29) is 30.7 Å². The van der Waals surface area contributed by atoms with Crippen LogP contribution in [0.1, 0.15) is 53.6 Å². The summed E-state index contributed by atoms with van der Waals surface area (Å²) in [5.41, 5.74) is 3.25. The monoisotopic (exact) mass is 435 g/mol. The van der Waals surface area contributed by atoms with Crippen LogP contribution in [0.5, 0.6) is 5.75 Å². The van der Waals surface area contributed by atoms with Crippen molar-refractivity contribution in [3.63, 3.8) is 0 Å². The first-order valence-electron chi connectivity index (χ1n) is 10.5. The van der Waals surface area contributed by atoms with Crippen molar-refractivity contribution in [1.82, 2.24) is 4.98 Å². The lowest BCUT2D eigenvalue weighted by Crippen LogP contribution is -2.33. The summed E-state index contributed by atoms with van der Waals surface area (Å²) >= 11 is 8.12. The highest BCUT2D eigenvalue weighted by Crippen LogP contribution is 2.46. The number of aliphatic hydroxyl groups excluding tert-OH is 2. The molecule has 2 aliphatic carbocycles. The summed E-state index contributed by atoms with van der Waals surface area (Å²) in [5.74, 6) is 1.07. The van der Waals surface area contributed by atoms with E-state index in [2.05, 4.69) is 11.1 Å². The molecule has 0 amide bonds. The standard InChI is InChI=1S/C22H26ClNO4S/c23-21-14-3-1-2-12(14)4-6-18(21)27-10-16-15-5-7-19(28-20(15)8-17(16)26)22-24-13(9-25)11-29-22/h4,6,11,15-17,19-20,25-26H,1-3,5,7-10H2/t15-,16-,17-,19-,20+/m1/s1. The van der Waals surface area contributed by atoms with Crippen molar-refractivity contribution in [2.24, 2.45) is 11.8 Å². The van der Waals surface area contributed by atoms with Crippen LogP contribution in [0.3, 0.4) is 0 Å². The van der Waals surface area contributed by atoms with Gasteiger partial charge in [0.2, 0.25) is 0 Å². The van der Waals surface area contributed by atoms with E-state index in [1.165, 1.54) is 22.5 Å². The van der Waals surface area contributed by atoms with E-state index < -0.39 is 6.10 Å². The first-order valence-corrected chi connectivity index (χ1v) is 11.7. The molecule has 5 rings (SSSR count). The third-order valence-electron chi connectivity index (χ3n) is 6.71. The molecular formula is C22H26ClNO4S. The zero-order chi connectivity index (χ0) is 20.0. The maximum Gasteiger partial charge on any atom is 0.138 e. The predicted molar refractivity (Wildman–Crippen MR) is 111 cm³/mol. The average molecular weight is 436 g/mol. The molecule has 0 radical (unpaired) electrons. The number of aryl methyl sites for hydroxylation is 1. The van der Waals surface area contributed by atoms with Crippen LogP contribution < -0.4 is 4.74 Å². The van der Waals surface area contributed by atoms with Crippen molar-refractivity contribution in [3.8, 4) is 5.75 Å². The van der Waals surface area contributed by atoms with E-state index in [1.54, 1.807) is 0 Å². The highest BCUT2D eigenvalue weighted by molar-refractivity contribution is 7.09. The molecule has 156 valence electrons. The summed E-state index contributed by atoms with van der Waals surface area (Å²) in [5, 5.41) is 23.5. The van der Waals surface area contributed by atoms with Crippen LogP contribution in [0.4, 0.5) is 0 Å². The van der Waals surface area contributed by atoms with Crippen LogP contribution in [0.15, 0.2) is 17.5 Å². The van der Waals surface area contributed by atoms with Gasteiger partial charge in [0, 0.05) is 17.7 Å². The molecule has 2 aromatic rings. The van der Waals surface area contributed by atoms with E-state index in [1.807, 2.05) is 11.4 Å². The van der Waals surface area contributed by atoms with E-state index in [0.717, 1.165) is 47.9 Å². The second-order valence-electron chi connectivity index (χ2n) is 8.39. The van der Waals surface area contributed by atoms with Crippen molar-refractivity contribution < 1.29 is 19.7 Å². The molecule has 2 heterocycles. The quantitative estimate of drug-likeness (QED) is 0.740. The van der Waals surface area contributed by atoms with E-state index in [0.29, 0.717) is 18.7 Å². The Balaban J connectivity index is 1.24. The first-order chi connectivity index (χ1) is 14.1. The van der Waals surface area contributed by atoms with Crippen LogP contribution in [-0.2, 0) is 24.2 Å². The topological polar surface area (TPSA) is 71.8 Å². The molecule has 5 atom stereocenters. The Morgan fingerprint density at radius 3 is 3.00 bits per heavy atom. The second-order valence-corrected chi connectivity index (χ2v) is 9.65. The average Bonchev–Trinajstić information content (AvgIpc) is 3.45. The lowest BCUT2D eigenvalue weighted by atomic mass is 9.87. The molecule has 29 heavy (non-hydrogen) atoms. The molecule has 1 saturated carbocycles. The number of aromatic nitrogens is 1. The number of ether oxygens (including phenoxy) is 2. The molecule has 3 aliphatic rings. The molecule has 2 fully saturated rings. The molecular weight excluding hydrogens is 410 g/mol. The second kappa shape index (κ2) is 8.16. The number of benzene rings is 1. The first kappa shape index (κ1) is 19.8. The van der Waals surface area contributed by atoms with Crippen LogP contribution in [0.2, 0.25) is 5.02 Å². The highest BCUT2D eigenvalue weighted by atomic mass is 35.5. The van der Waals surface area contributed by atoms with Crippen molar-refractivity contribution in [2.75, 3.05) is 6.61 Å². The van der Waals surface area contributed by atoms with Gasteiger partial charge in [0.25, 0.3) is 0 Å². The Labute approximate surface area is 179 Å². The van der Waals surface area contributed by atoms with Gasteiger partial charge in [0.1, 0.15) is 16.9 Å². The van der Waals surface area contributed by atoms with E-state index >= 15 is 0 Å². The van der Waals surface area contributed by atoms with E-state index in [9.17, 15) is 10.2 Å². The number of fused-ring (bicyclic) bond motifs is 2. The van der Waals surface area contributed by atoms with Gasteiger partial charge >= 0.3 is 0 Å². The number of hydrogen-bond acceptors (Lipinski definition) is 6. The summed E-state index contributed by atoms with van der Waals surface area (Å²) in [7, 11) is 0. The normalized spacial score (nSPS) is 30.9. The van der Waals surface area contributed by atoms with Crippen LogP contribution >= 0.6 is 22.9 Å². The zero-order valence-electron chi connectivity index (χ0n) is 16.2. The molecule has 0 spiro atoms. The lowest BCUT2D eigenvalue weighted by molar-refractivity contribution is -0.0812. The molecule has 1 saturated heterocycles. The molecule has 0 bridgehead atoms. The largest absolute Gasteiger partial charge is 0.492 e. The maximum atomic E-state index is 10.7. The minimum atomic E-state index is -0.429. The Morgan fingerprint density at radius 1 is 1.28 bits per heavy atom. The number of nitrogens with zero attached hydrogens (tertiary/aromatic N) is 1. The Hall–Kier alpha value is -1.18. The Morgan fingerprint density at radius 2 is 2.17 bits per heavy atom. The molecule has 1 aliphatic heterocycles. The summed E-state index contributed by atoms with van der Waals surface area (Å²) in [6.45, 7) is 0.416. The summed E-state index contributed by atoms with van der Waals surface area (Å²) in [6.07, 6.45) is 5.31. The van der Waals surface area contributed by atoms with Gasteiger partial charge in [-0.15, -0.1) is 11.3 Å². The van der Waals surface area contributed by atoms with Crippen molar-refractivity contribution in [1.29, 1.82) is 0 Å². The van der Waals surface area contributed by atoms with Gasteiger partial charge in [-0.3, -0.25) is 0 Å². The number of thiazole rings is 1. The molecule has 7 heteroatoms. The minimum absolute atomic E-state index is 0.0225. The van der Waals surface area contributed by atoms with Gasteiger partial charge in [0.05, 0.1) is 36.1 Å². The fraction of sp³-hybridized carbons (Fsp3) is 0.591. The van der Waals surface area contributed by atoms with Gasteiger partial charge in [-0.2, -0.15) is 0 Å². The molecule has 0 unspecified atom stereocenters. The number of aliphatic hydroxyl groups is 2. The summed E-state index contributed by atoms with van der Waals surface area (Å²) < 4.78 is 12.4. The predicted octanol–water partition coefficient (Wildman–Crippen LogP) is 4.07. The lowest BCUT2D eigenvalue weighted by Gasteiger charge is -2.34. The molecule has 2 N–H and O–H groups in total. The Bertz CT molecular complexity index is 888. The van der Waals surface area contributed by atoms with Crippen LogP contribution in [-0.4, -0.2) is 34.0 Å². The van der Waals surface area contributed by atoms with Crippen molar-refractivity contribution >= 4 is 22.9 Å². The zero-order valence-corrected chi connectivity index (χ0v) is 17.8. The summed E-state index contributed by atoms with van der Waals surface area (Å²) in [6, 6.07) is 4.10. The van der Waals surface area contributed by atoms with Crippen molar-refractivity contribution in [3.05, 3.63) is 44.4 Å². The van der Waals surface area contributed by atoms with Gasteiger partial charge in [-0.25, -0.2) is 4.98 Å². The van der Waals surface area contributed by atoms with Gasteiger partial charge in [0.15, 0.2) is 0 Å². The van der Waals surface area contributed by atoms with Crippen LogP contribution in [0.25, 0.3) is 0 Å². The maximum absolute atomic E-state index is 10.7. The molecule has 1 aromatic heterocycles. The van der Waals surface area contributed by atoms with Gasteiger partial charge in [-0.05, 0) is 55.2 Å². The minimum Gasteiger partial charge on any atom is -0.492 e. The van der Waals surface area contributed by atoms with Crippen LogP contribution in [0, 0.1) is 11.8 Å². The summed E-state index contributed by atoms with van der Waals surface area (Å²) in [4.78, 5) is 4.46. The van der Waals surface area contributed by atoms with E-state index in [4.69, 9.17) is 21.1 Å². The number of rotatable bonds is 5. The Kier molecular flexibility index (Phi) is 5.56. The smallest absolute Gasteiger partial charge is 0.138 e. The van der Waals surface area contributed by atoms with Crippen molar-refractivity contribution in [2.45, 2.75) is 63.4 Å². The highest BCUT2D eigenvalue weighted by Gasteiger charge is 2.47. The fourth-order valence-corrected chi connectivity index (χ4v) is 6.40. The third kappa shape index (κ3) is 3.70. The number of hydrogen-bond donors (Lipinski definition) is 2. The SMILES string of the molecule is OCc1csc([C@H]2CC[C@@H]3[C@@H](COc4ccc5c(c4Cl)CCC5)[C@H](O)C[C@@H]3O2)n1. The third-order valence-corrected chi connectivity index (χ3v) is 8.11. The van der Waals surface area contributed by atoms with Gasteiger partial charge < -0.3 is 19.7 Å². The number of halogens is 1.